The molecule has 0 unspecified atom stereocenters. The van der Waals surface area contributed by atoms with Gasteiger partial charge in [-0.05, 0) is 16.2 Å². The van der Waals surface area contributed by atoms with Gasteiger partial charge in [0.15, 0.2) is 5.78 Å². The molecular formula is C15H17BO3. The van der Waals surface area contributed by atoms with Gasteiger partial charge < -0.3 is 10.0 Å². The van der Waals surface area contributed by atoms with Crippen LogP contribution in [0.1, 0.15) is 31.1 Å². The Morgan fingerprint density at radius 3 is 2.37 bits per heavy atom. The fourth-order valence-electron chi connectivity index (χ4n) is 2.05. The molecule has 3 nitrogen and oxygen atoms in total. The highest BCUT2D eigenvalue weighted by Crippen LogP contribution is 2.26. The van der Waals surface area contributed by atoms with E-state index in [0.717, 1.165) is 10.8 Å². The molecule has 0 aromatic heterocycles. The summed E-state index contributed by atoms with van der Waals surface area (Å²) < 4.78 is 0. The maximum Gasteiger partial charge on any atom is 0.488 e. The van der Waals surface area contributed by atoms with Gasteiger partial charge in [0.25, 0.3) is 0 Å². The topological polar surface area (TPSA) is 57.5 Å². The largest absolute Gasteiger partial charge is 0.488 e. The Morgan fingerprint density at radius 2 is 1.79 bits per heavy atom. The summed E-state index contributed by atoms with van der Waals surface area (Å²) in [5, 5.41) is 20.2. The first kappa shape index (κ1) is 13.8. The fourth-order valence-corrected chi connectivity index (χ4v) is 2.05. The lowest BCUT2D eigenvalue weighted by atomic mass is 9.78. The van der Waals surface area contributed by atoms with Crippen molar-refractivity contribution in [3.63, 3.8) is 0 Å². The van der Waals surface area contributed by atoms with E-state index in [2.05, 4.69) is 0 Å². The Bertz CT molecular complexity index is 627. The zero-order valence-corrected chi connectivity index (χ0v) is 11.3. The number of Topliss-reactive ketones (excluding diaryl/α,β-unsaturated/α-hetero) is 1. The van der Waals surface area contributed by atoms with Crippen molar-refractivity contribution in [2.24, 2.45) is 5.41 Å². The Hall–Kier alpha value is -1.65. The normalized spacial score (nSPS) is 11.6. The Kier molecular flexibility index (Phi) is 3.48. The van der Waals surface area contributed by atoms with Gasteiger partial charge in [-0.1, -0.05) is 57.2 Å². The average molecular weight is 256 g/mol. The van der Waals surface area contributed by atoms with Crippen molar-refractivity contribution in [3.05, 3.63) is 42.0 Å². The molecule has 0 aliphatic heterocycles. The summed E-state index contributed by atoms with van der Waals surface area (Å²) >= 11 is 0. The first-order valence-corrected chi connectivity index (χ1v) is 6.24. The van der Waals surface area contributed by atoms with Crippen LogP contribution in [0.2, 0.25) is 0 Å². The molecule has 2 aromatic rings. The van der Waals surface area contributed by atoms with Gasteiger partial charge in [-0.3, -0.25) is 4.79 Å². The van der Waals surface area contributed by atoms with Crippen LogP contribution < -0.4 is 5.46 Å². The Morgan fingerprint density at radius 1 is 1.11 bits per heavy atom. The van der Waals surface area contributed by atoms with E-state index in [1.165, 1.54) is 0 Å². The van der Waals surface area contributed by atoms with Crippen molar-refractivity contribution in [1.82, 2.24) is 0 Å². The molecule has 4 heteroatoms. The van der Waals surface area contributed by atoms with E-state index in [1.807, 2.05) is 32.9 Å². The van der Waals surface area contributed by atoms with Gasteiger partial charge in [0, 0.05) is 11.0 Å². The molecule has 19 heavy (non-hydrogen) atoms. The highest BCUT2D eigenvalue weighted by Gasteiger charge is 2.24. The molecule has 0 radical (unpaired) electrons. The van der Waals surface area contributed by atoms with E-state index in [4.69, 9.17) is 0 Å². The molecule has 0 aliphatic carbocycles. The summed E-state index contributed by atoms with van der Waals surface area (Å²) in [6.07, 6.45) is 0. The first-order chi connectivity index (χ1) is 8.80. The molecule has 98 valence electrons. The number of carbonyl (C=O) groups is 1. The summed E-state index contributed by atoms with van der Waals surface area (Å²) in [4.78, 5) is 12.4. The predicted molar refractivity (Wildman–Crippen MR) is 77.6 cm³/mol. The first-order valence-electron chi connectivity index (χ1n) is 6.24. The molecule has 2 rings (SSSR count). The number of ketones is 1. The molecular weight excluding hydrogens is 239 g/mol. The molecule has 0 spiro atoms. The number of fused-ring (bicyclic) bond motifs is 1. The van der Waals surface area contributed by atoms with Crippen LogP contribution in [0, 0.1) is 5.41 Å². The third-order valence-corrected chi connectivity index (χ3v) is 3.13. The number of rotatable bonds is 2. The fraction of sp³-hybridized carbons (Fsp3) is 0.267. The number of hydrogen-bond donors (Lipinski definition) is 2. The molecule has 2 aromatic carbocycles. The minimum absolute atomic E-state index is 0.0441. The predicted octanol–water partition coefficient (Wildman–Crippen LogP) is 1.75. The monoisotopic (exact) mass is 256 g/mol. The highest BCUT2D eigenvalue weighted by molar-refractivity contribution is 6.59. The van der Waals surface area contributed by atoms with E-state index in [-0.39, 0.29) is 5.78 Å². The standard InChI is InChI=1S/C15H17BO3/c1-15(2,3)14(17)12-6-4-5-10-7-8-11(16(18)19)9-13(10)12/h4-9,18-19H,1-3H3. The highest BCUT2D eigenvalue weighted by atomic mass is 16.4. The van der Waals surface area contributed by atoms with Gasteiger partial charge in [0.1, 0.15) is 0 Å². The van der Waals surface area contributed by atoms with E-state index in [9.17, 15) is 14.8 Å². The number of carbonyl (C=O) groups excluding carboxylic acids is 1. The molecule has 0 atom stereocenters. The second kappa shape index (κ2) is 4.80. The third-order valence-electron chi connectivity index (χ3n) is 3.13. The molecule has 0 aliphatic rings. The van der Waals surface area contributed by atoms with E-state index in [0.29, 0.717) is 11.0 Å². The van der Waals surface area contributed by atoms with Crippen molar-refractivity contribution >= 4 is 29.1 Å². The zero-order chi connectivity index (χ0) is 14.2. The van der Waals surface area contributed by atoms with Crippen LogP contribution >= 0.6 is 0 Å². The van der Waals surface area contributed by atoms with Gasteiger partial charge in [-0.2, -0.15) is 0 Å². The molecule has 0 heterocycles. The second-order valence-corrected chi connectivity index (χ2v) is 5.74. The summed E-state index contributed by atoms with van der Waals surface area (Å²) in [5.74, 6) is 0.0441. The molecule has 0 saturated carbocycles. The minimum atomic E-state index is -1.53. The second-order valence-electron chi connectivity index (χ2n) is 5.74. The lowest BCUT2D eigenvalue weighted by Crippen LogP contribution is -2.29. The summed E-state index contributed by atoms with van der Waals surface area (Å²) in [6, 6.07) is 10.6. The van der Waals surface area contributed by atoms with Crippen LogP contribution in [-0.4, -0.2) is 22.9 Å². The van der Waals surface area contributed by atoms with Gasteiger partial charge in [0.05, 0.1) is 0 Å². The van der Waals surface area contributed by atoms with E-state index >= 15 is 0 Å². The summed E-state index contributed by atoms with van der Waals surface area (Å²) in [5.41, 5.74) is 0.538. The average Bonchev–Trinajstić information content (AvgIpc) is 2.35. The van der Waals surface area contributed by atoms with Crippen LogP contribution in [0.5, 0.6) is 0 Å². The minimum Gasteiger partial charge on any atom is -0.423 e. The lowest BCUT2D eigenvalue weighted by molar-refractivity contribution is 0.0860. The maximum atomic E-state index is 12.4. The SMILES string of the molecule is CC(C)(C)C(=O)c1cccc2ccc(B(O)O)cc12. The van der Waals surface area contributed by atoms with Crippen LogP contribution in [0.25, 0.3) is 10.8 Å². The van der Waals surface area contributed by atoms with Crippen molar-refractivity contribution in [3.8, 4) is 0 Å². The molecule has 0 fully saturated rings. The number of benzene rings is 2. The van der Waals surface area contributed by atoms with E-state index < -0.39 is 12.5 Å². The van der Waals surface area contributed by atoms with Crippen molar-refractivity contribution in [1.29, 1.82) is 0 Å². The van der Waals surface area contributed by atoms with E-state index in [1.54, 1.807) is 24.3 Å². The van der Waals surface area contributed by atoms with Crippen molar-refractivity contribution in [2.45, 2.75) is 20.8 Å². The quantitative estimate of drug-likeness (QED) is 0.635. The Balaban J connectivity index is 2.67. The van der Waals surface area contributed by atoms with Crippen LogP contribution in [0.3, 0.4) is 0 Å². The van der Waals surface area contributed by atoms with Gasteiger partial charge in [-0.15, -0.1) is 0 Å². The van der Waals surface area contributed by atoms with Crippen LogP contribution in [0.4, 0.5) is 0 Å². The summed E-state index contributed by atoms with van der Waals surface area (Å²) in [7, 11) is -1.53. The lowest BCUT2D eigenvalue weighted by Gasteiger charge is -2.18. The van der Waals surface area contributed by atoms with Gasteiger partial charge in [-0.25, -0.2) is 0 Å². The molecule has 0 saturated heterocycles. The third kappa shape index (κ3) is 2.70. The Labute approximate surface area is 113 Å². The maximum absolute atomic E-state index is 12.4. The zero-order valence-electron chi connectivity index (χ0n) is 11.3. The summed E-state index contributed by atoms with van der Waals surface area (Å²) in [6.45, 7) is 5.62. The molecule has 0 amide bonds. The van der Waals surface area contributed by atoms with Gasteiger partial charge in [0.2, 0.25) is 0 Å². The van der Waals surface area contributed by atoms with Gasteiger partial charge >= 0.3 is 7.12 Å². The van der Waals surface area contributed by atoms with Crippen molar-refractivity contribution < 1.29 is 14.8 Å². The molecule has 0 bridgehead atoms. The van der Waals surface area contributed by atoms with Crippen LogP contribution in [-0.2, 0) is 0 Å². The van der Waals surface area contributed by atoms with Crippen molar-refractivity contribution in [2.75, 3.05) is 0 Å². The number of hydrogen-bond acceptors (Lipinski definition) is 3. The van der Waals surface area contributed by atoms with Crippen LogP contribution in [0.15, 0.2) is 36.4 Å². The smallest absolute Gasteiger partial charge is 0.423 e. The molecule has 2 N–H and O–H groups in total.